The number of rotatable bonds is 6. The molecule has 102 valence electrons. The maximum atomic E-state index is 5.75. The average Bonchev–Trinajstić information content (AvgIpc) is 2.88. The molecule has 0 saturated heterocycles. The second-order valence-corrected chi connectivity index (χ2v) is 5.49. The number of thiazole rings is 1. The molecule has 1 N–H and O–H groups in total. The third kappa shape index (κ3) is 3.81. The average molecular weight is 297 g/mol. The SMILES string of the molecule is CCN(CC)c1ncc(CNc2ccc(Cl)nc2)s1. The van der Waals surface area contributed by atoms with Crippen molar-refractivity contribution in [1.82, 2.24) is 9.97 Å². The van der Waals surface area contributed by atoms with Crippen LogP contribution in [0.25, 0.3) is 0 Å². The Bertz CT molecular complexity index is 508. The lowest BCUT2D eigenvalue weighted by Crippen LogP contribution is -2.21. The van der Waals surface area contributed by atoms with Gasteiger partial charge in [-0.1, -0.05) is 11.6 Å². The van der Waals surface area contributed by atoms with Crippen molar-refractivity contribution in [3.05, 3.63) is 34.6 Å². The Morgan fingerprint density at radius 3 is 2.63 bits per heavy atom. The number of aromatic nitrogens is 2. The van der Waals surface area contributed by atoms with Crippen molar-refractivity contribution in [3.63, 3.8) is 0 Å². The quantitative estimate of drug-likeness (QED) is 0.826. The number of anilines is 2. The van der Waals surface area contributed by atoms with Crippen molar-refractivity contribution in [2.75, 3.05) is 23.3 Å². The molecule has 6 heteroatoms. The molecule has 2 aromatic rings. The molecular formula is C13H17ClN4S. The Morgan fingerprint density at radius 1 is 1.21 bits per heavy atom. The van der Waals surface area contributed by atoms with Crippen molar-refractivity contribution < 1.29 is 0 Å². The van der Waals surface area contributed by atoms with Gasteiger partial charge in [0.05, 0.1) is 18.4 Å². The second kappa shape index (κ2) is 6.73. The normalized spacial score (nSPS) is 10.5. The van der Waals surface area contributed by atoms with Crippen LogP contribution in [0.4, 0.5) is 10.8 Å². The van der Waals surface area contributed by atoms with Gasteiger partial charge in [0.2, 0.25) is 0 Å². The van der Waals surface area contributed by atoms with Gasteiger partial charge in [0.15, 0.2) is 5.13 Å². The van der Waals surface area contributed by atoms with Gasteiger partial charge >= 0.3 is 0 Å². The molecule has 0 bridgehead atoms. The molecule has 0 amide bonds. The van der Waals surface area contributed by atoms with Crippen molar-refractivity contribution in [2.45, 2.75) is 20.4 Å². The first kappa shape index (κ1) is 14.1. The standard InChI is InChI=1S/C13H17ClN4S/c1-3-18(4-2)13-17-9-11(19-13)8-15-10-5-6-12(14)16-7-10/h5-7,9,15H,3-4,8H2,1-2H3. The van der Waals surface area contributed by atoms with Crippen molar-refractivity contribution in [1.29, 1.82) is 0 Å². The predicted molar refractivity (Wildman–Crippen MR) is 82.2 cm³/mol. The lowest BCUT2D eigenvalue weighted by Gasteiger charge is -2.16. The molecule has 2 aromatic heterocycles. The maximum absolute atomic E-state index is 5.75. The Labute approximate surface area is 122 Å². The molecule has 2 heterocycles. The minimum Gasteiger partial charge on any atom is -0.379 e. The number of hydrogen-bond donors (Lipinski definition) is 1. The summed E-state index contributed by atoms with van der Waals surface area (Å²) in [7, 11) is 0. The van der Waals surface area contributed by atoms with Crippen LogP contribution in [0, 0.1) is 0 Å². The largest absolute Gasteiger partial charge is 0.379 e. The van der Waals surface area contributed by atoms with E-state index in [9.17, 15) is 0 Å². The second-order valence-electron chi connectivity index (χ2n) is 4.00. The molecule has 0 atom stereocenters. The molecule has 0 aromatic carbocycles. The first-order valence-corrected chi connectivity index (χ1v) is 7.47. The van der Waals surface area contributed by atoms with E-state index in [1.54, 1.807) is 23.6 Å². The fourth-order valence-electron chi connectivity index (χ4n) is 1.69. The predicted octanol–water partition coefficient (Wildman–Crippen LogP) is 3.65. The van der Waals surface area contributed by atoms with E-state index in [1.807, 2.05) is 12.3 Å². The summed E-state index contributed by atoms with van der Waals surface area (Å²) >= 11 is 7.46. The highest BCUT2D eigenvalue weighted by Gasteiger charge is 2.07. The lowest BCUT2D eigenvalue weighted by molar-refractivity contribution is 0.860. The van der Waals surface area contributed by atoms with Crippen LogP contribution in [0.2, 0.25) is 5.15 Å². The maximum Gasteiger partial charge on any atom is 0.185 e. The highest BCUT2D eigenvalue weighted by atomic mass is 35.5. The fraction of sp³-hybridized carbons (Fsp3) is 0.385. The lowest BCUT2D eigenvalue weighted by atomic mass is 10.4. The molecule has 0 fully saturated rings. The molecule has 0 saturated carbocycles. The number of pyridine rings is 1. The molecule has 0 radical (unpaired) electrons. The molecular weight excluding hydrogens is 280 g/mol. The summed E-state index contributed by atoms with van der Waals surface area (Å²) in [4.78, 5) is 11.9. The third-order valence-corrected chi connectivity index (χ3v) is 4.05. The fourth-order valence-corrected chi connectivity index (χ4v) is 2.78. The first-order valence-electron chi connectivity index (χ1n) is 6.28. The summed E-state index contributed by atoms with van der Waals surface area (Å²) < 4.78 is 0. The van der Waals surface area contributed by atoms with Crippen molar-refractivity contribution in [3.8, 4) is 0 Å². The number of nitrogens with zero attached hydrogens (tertiary/aromatic N) is 3. The Kier molecular flexibility index (Phi) is 4.99. The van der Waals surface area contributed by atoms with Crippen LogP contribution in [0.15, 0.2) is 24.5 Å². The van der Waals surface area contributed by atoms with Crippen molar-refractivity contribution in [2.24, 2.45) is 0 Å². The van der Waals surface area contributed by atoms with E-state index in [1.165, 1.54) is 4.88 Å². The first-order chi connectivity index (χ1) is 9.22. The summed E-state index contributed by atoms with van der Waals surface area (Å²) in [6.07, 6.45) is 3.66. The minimum absolute atomic E-state index is 0.507. The van der Waals surface area contributed by atoms with Crippen LogP contribution in [0.1, 0.15) is 18.7 Å². The minimum atomic E-state index is 0.507. The molecule has 0 aliphatic carbocycles. The summed E-state index contributed by atoms with van der Waals surface area (Å²) in [6, 6.07) is 3.69. The Balaban J connectivity index is 1.95. The summed E-state index contributed by atoms with van der Waals surface area (Å²) in [5.41, 5.74) is 0.960. The van der Waals surface area contributed by atoms with Gasteiger partial charge < -0.3 is 10.2 Å². The Morgan fingerprint density at radius 2 is 2.00 bits per heavy atom. The molecule has 0 spiro atoms. The summed E-state index contributed by atoms with van der Waals surface area (Å²) in [5.74, 6) is 0. The summed E-state index contributed by atoms with van der Waals surface area (Å²) in [6.45, 7) is 7.00. The van der Waals surface area contributed by atoms with Crippen molar-refractivity contribution >= 4 is 33.8 Å². The van der Waals surface area contributed by atoms with E-state index < -0.39 is 0 Å². The smallest absolute Gasteiger partial charge is 0.185 e. The highest BCUT2D eigenvalue weighted by molar-refractivity contribution is 7.15. The van der Waals surface area contributed by atoms with Gasteiger partial charge in [-0.25, -0.2) is 9.97 Å². The van der Waals surface area contributed by atoms with Crippen LogP contribution in [0.5, 0.6) is 0 Å². The van der Waals surface area contributed by atoms with E-state index in [-0.39, 0.29) is 0 Å². The van der Waals surface area contributed by atoms with Gasteiger partial charge in [0.1, 0.15) is 5.15 Å². The zero-order valence-corrected chi connectivity index (χ0v) is 12.6. The highest BCUT2D eigenvalue weighted by Crippen LogP contribution is 2.23. The zero-order valence-electron chi connectivity index (χ0n) is 11.1. The van der Waals surface area contributed by atoms with Gasteiger partial charge in [0.25, 0.3) is 0 Å². The van der Waals surface area contributed by atoms with Crippen LogP contribution in [-0.2, 0) is 6.54 Å². The molecule has 0 aliphatic heterocycles. The Hall–Kier alpha value is -1.33. The molecule has 0 aliphatic rings. The van der Waals surface area contributed by atoms with Gasteiger partial charge in [-0.15, -0.1) is 11.3 Å². The molecule has 19 heavy (non-hydrogen) atoms. The monoisotopic (exact) mass is 296 g/mol. The summed E-state index contributed by atoms with van der Waals surface area (Å²) in [5, 5.41) is 4.89. The third-order valence-electron chi connectivity index (χ3n) is 2.77. The molecule has 0 unspecified atom stereocenters. The van der Waals surface area contributed by atoms with Gasteiger partial charge in [-0.05, 0) is 26.0 Å². The van der Waals surface area contributed by atoms with E-state index >= 15 is 0 Å². The van der Waals surface area contributed by atoms with E-state index in [0.29, 0.717) is 5.15 Å². The van der Waals surface area contributed by atoms with Crippen LogP contribution >= 0.6 is 22.9 Å². The topological polar surface area (TPSA) is 41.1 Å². The zero-order chi connectivity index (χ0) is 13.7. The van der Waals surface area contributed by atoms with E-state index in [0.717, 1.165) is 30.5 Å². The number of halogens is 1. The van der Waals surface area contributed by atoms with Gasteiger partial charge in [-0.2, -0.15) is 0 Å². The van der Waals surface area contributed by atoms with E-state index in [4.69, 9.17) is 11.6 Å². The van der Waals surface area contributed by atoms with Crippen LogP contribution < -0.4 is 10.2 Å². The number of nitrogens with one attached hydrogen (secondary N) is 1. The van der Waals surface area contributed by atoms with Crippen LogP contribution in [-0.4, -0.2) is 23.1 Å². The molecule has 4 nitrogen and oxygen atoms in total. The van der Waals surface area contributed by atoms with Gasteiger partial charge in [0, 0.05) is 24.2 Å². The van der Waals surface area contributed by atoms with Gasteiger partial charge in [-0.3, -0.25) is 0 Å². The number of hydrogen-bond acceptors (Lipinski definition) is 5. The molecule has 2 rings (SSSR count). The van der Waals surface area contributed by atoms with E-state index in [2.05, 4.69) is 34.0 Å². The van der Waals surface area contributed by atoms with Crippen LogP contribution in [0.3, 0.4) is 0 Å².